The molecular formula is C12H11FN2O5. The number of amides is 1. The summed E-state index contributed by atoms with van der Waals surface area (Å²) in [7, 11) is 0. The second-order valence-corrected chi connectivity index (χ2v) is 4.41. The minimum absolute atomic E-state index is 0.213. The molecule has 1 fully saturated rings. The summed E-state index contributed by atoms with van der Waals surface area (Å²) < 4.78 is 13.0. The molecule has 20 heavy (non-hydrogen) atoms. The van der Waals surface area contributed by atoms with Crippen molar-refractivity contribution in [3.8, 4) is 0 Å². The van der Waals surface area contributed by atoms with E-state index in [2.05, 4.69) is 0 Å². The molecule has 8 heteroatoms. The van der Waals surface area contributed by atoms with Crippen LogP contribution in [0.4, 0.5) is 10.1 Å². The zero-order valence-electron chi connectivity index (χ0n) is 10.3. The van der Waals surface area contributed by atoms with E-state index in [1.54, 1.807) is 0 Å². The molecule has 1 unspecified atom stereocenters. The minimum atomic E-state index is -1.15. The second kappa shape index (κ2) is 5.24. The Balaban J connectivity index is 2.38. The summed E-state index contributed by atoms with van der Waals surface area (Å²) in [6, 6.07) is 1.60. The molecule has 0 bridgehead atoms. The first-order chi connectivity index (χ1) is 9.41. The van der Waals surface area contributed by atoms with Gasteiger partial charge < -0.3 is 10.0 Å². The van der Waals surface area contributed by atoms with Crippen LogP contribution in [0.25, 0.3) is 0 Å². The maximum Gasteiger partial charge on any atom is 0.326 e. The Kier molecular flexibility index (Phi) is 3.64. The Morgan fingerprint density at radius 3 is 2.75 bits per heavy atom. The van der Waals surface area contributed by atoms with E-state index in [1.165, 1.54) is 0 Å². The molecule has 0 aliphatic carbocycles. The number of carbonyl (C=O) groups is 2. The van der Waals surface area contributed by atoms with E-state index in [0.29, 0.717) is 18.9 Å². The lowest BCUT2D eigenvalue weighted by atomic mass is 10.1. The van der Waals surface area contributed by atoms with Crippen molar-refractivity contribution in [1.29, 1.82) is 0 Å². The van der Waals surface area contributed by atoms with Crippen LogP contribution < -0.4 is 0 Å². The van der Waals surface area contributed by atoms with Crippen molar-refractivity contribution in [3.63, 3.8) is 0 Å². The summed E-state index contributed by atoms with van der Waals surface area (Å²) in [6.45, 7) is 0.213. The first kappa shape index (κ1) is 13.9. The Morgan fingerprint density at radius 1 is 1.45 bits per heavy atom. The van der Waals surface area contributed by atoms with Crippen LogP contribution in [0.5, 0.6) is 0 Å². The van der Waals surface area contributed by atoms with Crippen LogP contribution in [-0.2, 0) is 4.79 Å². The third-order valence-electron chi connectivity index (χ3n) is 3.19. The highest BCUT2D eigenvalue weighted by molar-refractivity contribution is 6.00. The van der Waals surface area contributed by atoms with Crippen LogP contribution in [0.1, 0.15) is 23.2 Å². The molecule has 7 nitrogen and oxygen atoms in total. The van der Waals surface area contributed by atoms with Crippen molar-refractivity contribution in [2.75, 3.05) is 6.54 Å². The molecule has 1 amide bonds. The number of carboxylic acid groups (broad SMARTS) is 1. The summed E-state index contributed by atoms with van der Waals surface area (Å²) >= 11 is 0. The molecule has 0 aromatic heterocycles. The smallest absolute Gasteiger partial charge is 0.326 e. The molecule has 1 aromatic carbocycles. The number of nitro groups is 1. The van der Waals surface area contributed by atoms with Gasteiger partial charge in [0.2, 0.25) is 0 Å². The molecule has 1 heterocycles. The highest BCUT2D eigenvalue weighted by atomic mass is 19.1. The van der Waals surface area contributed by atoms with Crippen LogP contribution in [0, 0.1) is 15.9 Å². The molecular weight excluding hydrogens is 271 g/mol. The van der Waals surface area contributed by atoms with Crippen molar-refractivity contribution in [2.45, 2.75) is 18.9 Å². The van der Waals surface area contributed by atoms with Gasteiger partial charge in [-0.05, 0) is 25.0 Å². The predicted molar refractivity (Wildman–Crippen MR) is 64.7 cm³/mol. The number of nitro benzene ring substituents is 1. The topological polar surface area (TPSA) is 101 Å². The first-order valence-electron chi connectivity index (χ1n) is 5.89. The summed E-state index contributed by atoms with van der Waals surface area (Å²) in [5.41, 5.74) is -0.962. The van der Waals surface area contributed by atoms with Gasteiger partial charge in [-0.15, -0.1) is 0 Å². The average Bonchev–Trinajstić information content (AvgIpc) is 2.87. The SMILES string of the molecule is O=C(O)C1CCCN1C(=O)c1ccc(F)cc1[N+](=O)[O-]. The van der Waals surface area contributed by atoms with Crippen LogP contribution in [-0.4, -0.2) is 39.4 Å². The van der Waals surface area contributed by atoms with Gasteiger partial charge in [0.15, 0.2) is 0 Å². The first-order valence-corrected chi connectivity index (χ1v) is 5.89. The summed E-state index contributed by atoms with van der Waals surface area (Å²) in [5, 5.41) is 19.9. The van der Waals surface area contributed by atoms with Gasteiger partial charge >= 0.3 is 5.97 Å². The number of hydrogen-bond acceptors (Lipinski definition) is 4. The molecule has 0 spiro atoms. The Morgan fingerprint density at radius 2 is 2.15 bits per heavy atom. The van der Waals surface area contributed by atoms with Crippen LogP contribution in [0.15, 0.2) is 18.2 Å². The maximum atomic E-state index is 13.0. The third kappa shape index (κ3) is 2.44. The number of benzene rings is 1. The fraction of sp³-hybridized carbons (Fsp3) is 0.333. The molecule has 1 atom stereocenters. The van der Waals surface area contributed by atoms with Crippen LogP contribution >= 0.6 is 0 Å². The van der Waals surface area contributed by atoms with Gasteiger partial charge in [-0.25, -0.2) is 9.18 Å². The van der Waals surface area contributed by atoms with Crippen LogP contribution in [0.3, 0.4) is 0 Å². The lowest BCUT2D eigenvalue weighted by Crippen LogP contribution is -2.40. The maximum absolute atomic E-state index is 13.0. The highest BCUT2D eigenvalue weighted by Gasteiger charge is 2.36. The second-order valence-electron chi connectivity index (χ2n) is 4.41. The monoisotopic (exact) mass is 282 g/mol. The fourth-order valence-corrected chi connectivity index (χ4v) is 2.26. The van der Waals surface area contributed by atoms with Crippen molar-refractivity contribution < 1.29 is 24.0 Å². The van der Waals surface area contributed by atoms with Crippen molar-refractivity contribution >= 4 is 17.6 Å². The van der Waals surface area contributed by atoms with Gasteiger partial charge in [0.25, 0.3) is 11.6 Å². The predicted octanol–water partition coefficient (Wildman–Crippen LogP) is 1.42. The lowest BCUT2D eigenvalue weighted by Gasteiger charge is -2.21. The molecule has 1 aromatic rings. The molecule has 1 saturated heterocycles. The third-order valence-corrected chi connectivity index (χ3v) is 3.19. The van der Waals surface area contributed by atoms with Crippen molar-refractivity contribution in [2.24, 2.45) is 0 Å². The Labute approximate surface area is 112 Å². The summed E-state index contributed by atoms with van der Waals surface area (Å²) in [6.07, 6.45) is 0.813. The van der Waals surface area contributed by atoms with Crippen LogP contribution in [0.2, 0.25) is 0 Å². The zero-order valence-corrected chi connectivity index (χ0v) is 10.3. The van der Waals surface area contributed by atoms with E-state index in [0.717, 1.165) is 17.0 Å². The number of halogens is 1. The number of likely N-dealkylation sites (tertiary alicyclic amines) is 1. The average molecular weight is 282 g/mol. The molecule has 1 N–H and O–H groups in total. The van der Waals surface area contributed by atoms with Gasteiger partial charge in [-0.2, -0.15) is 0 Å². The molecule has 1 aliphatic rings. The Bertz CT molecular complexity index is 589. The summed E-state index contributed by atoms with van der Waals surface area (Å²) in [5.74, 6) is -2.74. The molecule has 2 rings (SSSR count). The van der Waals surface area contributed by atoms with Gasteiger partial charge in [-0.3, -0.25) is 14.9 Å². The van der Waals surface area contributed by atoms with E-state index in [1.807, 2.05) is 0 Å². The van der Waals surface area contributed by atoms with Gasteiger partial charge in [0.05, 0.1) is 11.0 Å². The van der Waals surface area contributed by atoms with E-state index in [4.69, 9.17) is 5.11 Å². The fourth-order valence-electron chi connectivity index (χ4n) is 2.26. The molecule has 0 radical (unpaired) electrons. The standard InChI is InChI=1S/C12H11FN2O5/c13-7-3-4-8(10(6-7)15(19)20)11(16)14-5-1-2-9(14)12(17)18/h3-4,6,9H,1-2,5H2,(H,17,18). The molecule has 106 valence electrons. The minimum Gasteiger partial charge on any atom is -0.480 e. The van der Waals surface area contributed by atoms with Gasteiger partial charge in [-0.1, -0.05) is 0 Å². The quantitative estimate of drug-likeness (QED) is 0.667. The lowest BCUT2D eigenvalue weighted by molar-refractivity contribution is -0.385. The van der Waals surface area contributed by atoms with Crippen molar-refractivity contribution in [1.82, 2.24) is 4.90 Å². The Hall–Kier alpha value is -2.51. The van der Waals surface area contributed by atoms with Crippen molar-refractivity contribution in [3.05, 3.63) is 39.7 Å². The number of rotatable bonds is 3. The van der Waals surface area contributed by atoms with E-state index in [9.17, 15) is 24.1 Å². The number of carboxylic acids is 1. The highest BCUT2D eigenvalue weighted by Crippen LogP contribution is 2.26. The van der Waals surface area contributed by atoms with E-state index in [-0.39, 0.29) is 12.1 Å². The van der Waals surface area contributed by atoms with E-state index >= 15 is 0 Å². The number of hydrogen-bond donors (Lipinski definition) is 1. The number of carbonyl (C=O) groups excluding carboxylic acids is 1. The largest absolute Gasteiger partial charge is 0.480 e. The number of nitrogens with zero attached hydrogens (tertiary/aromatic N) is 2. The molecule has 0 saturated carbocycles. The van der Waals surface area contributed by atoms with E-state index < -0.39 is 34.3 Å². The summed E-state index contributed by atoms with van der Waals surface area (Å²) in [4.78, 5) is 34.3. The van der Waals surface area contributed by atoms with Gasteiger partial charge in [0, 0.05) is 6.54 Å². The molecule has 1 aliphatic heterocycles. The number of aliphatic carboxylic acids is 1. The zero-order chi connectivity index (χ0) is 14.9. The van der Waals surface area contributed by atoms with Gasteiger partial charge in [0.1, 0.15) is 17.4 Å². The normalized spacial score (nSPS) is 18.1.